The molecule has 2 atom stereocenters. The Balaban J connectivity index is 1.34. The minimum absolute atomic E-state index is 0.0603. The van der Waals surface area contributed by atoms with Crippen molar-refractivity contribution >= 4 is 17.7 Å². The zero-order valence-electron chi connectivity index (χ0n) is 17.6. The van der Waals surface area contributed by atoms with E-state index >= 15 is 0 Å². The lowest BCUT2D eigenvalue weighted by Gasteiger charge is -2.20. The molecule has 0 saturated carbocycles. The summed E-state index contributed by atoms with van der Waals surface area (Å²) in [5.41, 5.74) is 2.80. The Kier molecular flexibility index (Phi) is 6.79. The first kappa shape index (κ1) is 24.0. The summed E-state index contributed by atoms with van der Waals surface area (Å²) < 4.78 is 43.6. The van der Waals surface area contributed by atoms with E-state index in [4.69, 9.17) is 16.3 Å². The molecule has 0 bridgehead atoms. The Labute approximate surface area is 198 Å². The number of halogens is 4. The standard InChI is InChI=1S/C24H20ClF3N2O4/c25-19-9-13(24(26,27)28)10-29-21(19)22(32)20(31)11-30-23(33)34-12-18-16-7-3-1-5-14(16)15-6-2-4-8-17(15)18/h1-10,18,20,22,31-32H,11-12H2,(H,30,33). The highest BCUT2D eigenvalue weighted by Gasteiger charge is 2.33. The van der Waals surface area contributed by atoms with Crippen molar-refractivity contribution < 1.29 is 32.9 Å². The van der Waals surface area contributed by atoms with Crippen LogP contribution >= 0.6 is 11.6 Å². The van der Waals surface area contributed by atoms with Gasteiger partial charge < -0.3 is 20.3 Å². The molecule has 4 rings (SSSR count). The second kappa shape index (κ2) is 9.61. The minimum Gasteiger partial charge on any atom is -0.449 e. The number of nitrogens with zero attached hydrogens (tertiary/aromatic N) is 1. The summed E-state index contributed by atoms with van der Waals surface area (Å²) in [5.74, 6) is -0.149. The topological polar surface area (TPSA) is 91.7 Å². The van der Waals surface area contributed by atoms with Crippen molar-refractivity contribution in [1.82, 2.24) is 10.3 Å². The fraction of sp³-hybridized carbons (Fsp3) is 0.250. The summed E-state index contributed by atoms with van der Waals surface area (Å²) in [6, 6.07) is 16.3. The van der Waals surface area contributed by atoms with Crippen LogP contribution in [0.4, 0.5) is 18.0 Å². The Bertz CT molecular complexity index is 1160. The van der Waals surface area contributed by atoms with Gasteiger partial charge in [-0.1, -0.05) is 60.1 Å². The van der Waals surface area contributed by atoms with Crippen molar-refractivity contribution in [1.29, 1.82) is 0 Å². The van der Waals surface area contributed by atoms with Crippen molar-refractivity contribution in [3.05, 3.63) is 88.2 Å². The van der Waals surface area contributed by atoms with Gasteiger partial charge in [0.25, 0.3) is 0 Å². The maximum absolute atomic E-state index is 12.7. The van der Waals surface area contributed by atoms with Gasteiger partial charge in [-0.05, 0) is 28.3 Å². The van der Waals surface area contributed by atoms with Crippen molar-refractivity contribution in [3.8, 4) is 11.1 Å². The molecular formula is C24H20ClF3N2O4. The van der Waals surface area contributed by atoms with E-state index in [0.29, 0.717) is 12.3 Å². The number of carbonyl (C=O) groups is 1. The Morgan fingerprint density at radius 2 is 1.68 bits per heavy atom. The first-order chi connectivity index (χ1) is 16.2. The van der Waals surface area contributed by atoms with Crippen LogP contribution in [-0.2, 0) is 10.9 Å². The van der Waals surface area contributed by atoms with E-state index in [1.165, 1.54) is 0 Å². The molecule has 1 aliphatic carbocycles. The van der Waals surface area contributed by atoms with E-state index in [9.17, 15) is 28.2 Å². The quantitative estimate of drug-likeness (QED) is 0.464. The molecule has 178 valence electrons. The molecule has 1 aliphatic rings. The van der Waals surface area contributed by atoms with E-state index in [1.807, 2.05) is 48.5 Å². The molecule has 34 heavy (non-hydrogen) atoms. The number of rotatable bonds is 6. The second-order valence-corrected chi connectivity index (χ2v) is 8.21. The number of alkyl carbamates (subject to hydrolysis) is 1. The first-order valence-electron chi connectivity index (χ1n) is 10.3. The van der Waals surface area contributed by atoms with E-state index in [1.54, 1.807) is 0 Å². The number of aliphatic hydroxyl groups is 2. The van der Waals surface area contributed by atoms with Gasteiger partial charge >= 0.3 is 12.3 Å². The maximum Gasteiger partial charge on any atom is 0.417 e. The molecule has 0 fully saturated rings. The normalized spacial score (nSPS) is 14.8. The van der Waals surface area contributed by atoms with Gasteiger partial charge in [0, 0.05) is 18.7 Å². The first-order valence-corrected chi connectivity index (χ1v) is 10.7. The average molecular weight is 493 g/mol. The zero-order valence-corrected chi connectivity index (χ0v) is 18.3. The highest BCUT2D eigenvalue weighted by molar-refractivity contribution is 6.31. The van der Waals surface area contributed by atoms with E-state index in [0.717, 1.165) is 22.3 Å². The molecule has 1 heterocycles. The molecule has 2 unspecified atom stereocenters. The Hall–Kier alpha value is -3.14. The molecular weight excluding hydrogens is 473 g/mol. The summed E-state index contributed by atoms with van der Waals surface area (Å²) in [6.07, 6.45) is -8.26. The molecule has 3 N–H and O–H groups in total. The van der Waals surface area contributed by atoms with Gasteiger partial charge in [0.1, 0.15) is 18.8 Å². The van der Waals surface area contributed by atoms with Gasteiger partial charge in [0.2, 0.25) is 0 Å². The lowest BCUT2D eigenvalue weighted by atomic mass is 9.98. The van der Waals surface area contributed by atoms with Gasteiger partial charge in [0.05, 0.1) is 16.3 Å². The zero-order chi connectivity index (χ0) is 24.5. The maximum atomic E-state index is 12.7. The number of nitrogens with one attached hydrogen (secondary N) is 1. The largest absolute Gasteiger partial charge is 0.449 e. The Morgan fingerprint density at radius 1 is 1.09 bits per heavy atom. The molecule has 0 radical (unpaired) electrons. The molecule has 0 aliphatic heterocycles. The highest BCUT2D eigenvalue weighted by atomic mass is 35.5. The van der Waals surface area contributed by atoms with Gasteiger partial charge in [-0.25, -0.2) is 4.79 Å². The number of alkyl halides is 3. The Morgan fingerprint density at radius 3 is 2.24 bits per heavy atom. The fourth-order valence-electron chi connectivity index (χ4n) is 3.95. The third-order valence-corrected chi connectivity index (χ3v) is 5.94. The van der Waals surface area contributed by atoms with Crippen molar-refractivity contribution in [2.75, 3.05) is 13.2 Å². The summed E-state index contributed by atoms with van der Waals surface area (Å²) in [6.45, 7) is -0.373. The van der Waals surface area contributed by atoms with Crippen molar-refractivity contribution in [2.24, 2.45) is 0 Å². The van der Waals surface area contributed by atoms with E-state index in [-0.39, 0.29) is 18.2 Å². The number of fused-ring (bicyclic) bond motifs is 3. The van der Waals surface area contributed by atoms with Crippen LogP contribution in [-0.4, -0.2) is 40.5 Å². The van der Waals surface area contributed by atoms with E-state index in [2.05, 4.69) is 10.3 Å². The number of ether oxygens (including phenoxy) is 1. The highest BCUT2D eigenvalue weighted by Crippen LogP contribution is 2.44. The van der Waals surface area contributed by atoms with Crippen LogP contribution in [0.5, 0.6) is 0 Å². The molecule has 1 amide bonds. The van der Waals surface area contributed by atoms with Crippen molar-refractivity contribution in [2.45, 2.75) is 24.3 Å². The summed E-state index contributed by atoms with van der Waals surface area (Å²) in [4.78, 5) is 15.7. The van der Waals surface area contributed by atoms with Crippen LogP contribution in [0.15, 0.2) is 60.8 Å². The predicted molar refractivity (Wildman–Crippen MR) is 118 cm³/mol. The summed E-state index contributed by atoms with van der Waals surface area (Å²) >= 11 is 5.80. The third kappa shape index (κ3) is 4.86. The molecule has 2 aromatic carbocycles. The van der Waals surface area contributed by atoms with Crippen LogP contribution in [0.3, 0.4) is 0 Å². The smallest absolute Gasteiger partial charge is 0.417 e. The fourth-order valence-corrected chi connectivity index (χ4v) is 4.23. The lowest BCUT2D eigenvalue weighted by molar-refractivity contribution is -0.137. The summed E-state index contributed by atoms with van der Waals surface area (Å²) in [5, 5.41) is 22.3. The predicted octanol–water partition coefficient (Wildman–Crippen LogP) is 4.69. The van der Waals surface area contributed by atoms with Crippen LogP contribution in [0.25, 0.3) is 11.1 Å². The van der Waals surface area contributed by atoms with Crippen LogP contribution < -0.4 is 5.32 Å². The molecule has 1 aromatic heterocycles. The number of pyridine rings is 1. The van der Waals surface area contributed by atoms with Gasteiger partial charge in [0.15, 0.2) is 0 Å². The number of aliphatic hydroxyl groups excluding tert-OH is 2. The molecule has 10 heteroatoms. The van der Waals surface area contributed by atoms with Crippen LogP contribution in [0.2, 0.25) is 5.02 Å². The number of amides is 1. The number of aromatic nitrogens is 1. The lowest BCUT2D eigenvalue weighted by Crippen LogP contribution is -2.36. The van der Waals surface area contributed by atoms with Gasteiger partial charge in [-0.2, -0.15) is 13.2 Å². The van der Waals surface area contributed by atoms with Gasteiger partial charge in [-0.3, -0.25) is 4.98 Å². The second-order valence-electron chi connectivity index (χ2n) is 7.81. The average Bonchev–Trinajstić information content (AvgIpc) is 3.14. The minimum atomic E-state index is -4.65. The van der Waals surface area contributed by atoms with Crippen LogP contribution in [0.1, 0.15) is 34.4 Å². The molecule has 6 nitrogen and oxygen atoms in total. The number of hydrogen-bond donors (Lipinski definition) is 3. The number of hydrogen-bond acceptors (Lipinski definition) is 5. The monoisotopic (exact) mass is 492 g/mol. The number of carbonyl (C=O) groups excluding carboxylic acids is 1. The third-order valence-electron chi connectivity index (χ3n) is 5.64. The van der Waals surface area contributed by atoms with Crippen LogP contribution in [0, 0.1) is 0 Å². The van der Waals surface area contributed by atoms with Crippen molar-refractivity contribution in [3.63, 3.8) is 0 Å². The SMILES string of the molecule is O=C(NCC(O)C(O)c1ncc(C(F)(F)F)cc1Cl)OCC1c2ccccc2-c2ccccc21. The van der Waals surface area contributed by atoms with E-state index < -0.39 is 41.6 Å². The van der Waals surface area contributed by atoms with Gasteiger partial charge in [-0.15, -0.1) is 0 Å². The molecule has 3 aromatic rings. The molecule has 0 saturated heterocycles. The summed E-state index contributed by atoms with van der Waals surface area (Å²) in [7, 11) is 0. The molecule has 0 spiro atoms. The number of benzene rings is 2.